The summed E-state index contributed by atoms with van der Waals surface area (Å²) in [5, 5.41) is 4.61. The summed E-state index contributed by atoms with van der Waals surface area (Å²) in [6.07, 6.45) is -1.16. The third kappa shape index (κ3) is 7.25. The quantitative estimate of drug-likeness (QED) is 0.694. The molecule has 2 N–H and O–H groups in total. The summed E-state index contributed by atoms with van der Waals surface area (Å²) in [4.78, 5) is 35.8. The SMILES string of the molecule is CC(C)NC(=O)NC(=O)[C@H](C)OC(=O)c1cccc(OCc2ccc(F)cc2)c1. The molecule has 0 radical (unpaired) electrons. The van der Waals surface area contributed by atoms with Gasteiger partial charge in [-0.1, -0.05) is 18.2 Å². The highest BCUT2D eigenvalue weighted by Crippen LogP contribution is 2.17. The van der Waals surface area contributed by atoms with Gasteiger partial charge in [0.25, 0.3) is 5.91 Å². The zero-order valence-electron chi connectivity index (χ0n) is 16.4. The molecule has 2 rings (SSSR count). The van der Waals surface area contributed by atoms with Crippen molar-refractivity contribution < 1.29 is 28.2 Å². The lowest BCUT2D eigenvalue weighted by Crippen LogP contribution is -2.46. The maximum absolute atomic E-state index is 12.9. The van der Waals surface area contributed by atoms with Gasteiger partial charge in [-0.3, -0.25) is 10.1 Å². The second-order valence-electron chi connectivity index (χ2n) is 6.61. The molecule has 0 saturated heterocycles. The van der Waals surface area contributed by atoms with Gasteiger partial charge in [0.05, 0.1) is 5.56 Å². The molecular weight excluding hydrogens is 379 g/mol. The van der Waals surface area contributed by atoms with Crippen molar-refractivity contribution in [2.75, 3.05) is 0 Å². The number of halogens is 1. The number of ether oxygens (including phenoxy) is 2. The first-order valence-corrected chi connectivity index (χ1v) is 9.04. The Morgan fingerprint density at radius 2 is 1.72 bits per heavy atom. The van der Waals surface area contributed by atoms with E-state index in [0.29, 0.717) is 5.75 Å². The fourth-order valence-electron chi connectivity index (χ4n) is 2.25. The Kier molecular flexibility index (Phi) is 7.70. The second-order valence-corrected chi connectivity index (χ2v) is 6.61. The van der Waals surface area contributed by atoms with E-state index in [2.05, 4.69) is 10.6 Å². The fraction of sp³-hybridized carbons (Fsp3) is 0.286. The Hall–Kier alpha value is -3.42. The molecule has 2 aromatic rings. The number of esters is 1. The fourth-order valence-corrected chi connectivity index (χ4v) is 2.25. The highest BCUT2D eigenvalue weighted by atomic mass is 19.1. The number of rotatable bonds is 7. The van der Waals surface area contributed by atoms with E-state index >= 15 is 0 Å². The Labute approximate surface area is 168 Å². The number of nitrogens with one attached hydrogen (secondary N) is 2. The van der Waals surface area contributed by atoms with Gasteiger partial charge in [-0.15, -0.1) is 0 Å². The number of carbonyl (C=O) groups excluding carboxylic acids is 3. The van der Waals surface area contributed by atoms with Gasteiger partial charge >= 0.3 is 12.0 Å². The van der Waals surface area contributed by atoms with Gasteiger partial charge in [0.2, 0.25) is 0 Å². The number of hydrogen-bond donors (Lipinski definition) is 2. The summed E-state index contributed by atoms with van der Waals surface area (Å²) in [7, 11) is 0. The molecule has 0 aromatic heterocycles. The number of hydrogen-bond acceptors (Lipinski definition) is 5. The minimum Gasteiger partial charge on any atom is -0.489 e. The van der Waals surface area contributed by atoms with Crippen LogP contribution < -0.4 is 15.4 Å². The monoisotopic (exact) mass is 402 g/mol. The van der Waals surface area contributed by atoms with E-state index in [1.54, 1.807) is 38.1 Å². The Balaban J connectivity index is 1.91. The number of urea groups is 1. The highest BCUT2D eigenvalue weighted by Gasteiger charge is 2.21. The Morgan fingerprint density at radius 1 is 1.03 bits per heavy atom. The molecule has 0 aliphatic carbocycles. The van der Waals surface area contributed by atoms with Crippen LogP contribution in [0.5, 0.6) is 5.75 Å². The third-order valence-electron chi connectivity index (χ3n) is 3.70. The summed E-state index contributed by atoms with van der Waals surface area (Å²) in [6.45, 7) is 5.06. The molecular formula is C21H23FN2O5. The molecule has 0 fully saturated rings. The van der Waals surface area contributed by atoms with Gasteiger partial charge in [-0.25, -0.2) is 14.0 Å². The number of benzene rings is 2. The van der Waals surface area contributed by atoms with Crippen molar-refractivity contribution in [3.05, 3.63) is 65.5 Å². The van der Waals surface area contributed by atoms with Crippen molar-refractivity contribution in [1.29, 1.82) is 0 Å². The average Bonchev–Trinajstić information content (AvgIpc) is 2.67. The van der Waals surface area contributed by atoms with Crippen LogP contribution in [0.3, 0.4) is 0 Å². The Morgan fingerprint density at radius 3 is 2.38 bits per heavy atom. The zero-order valence-corrected chi connectivity index (χ0v) is 16.4. The largest absolute Gasteiger partial charge is 0.489 e. The lowest BCUT2D eigenvalue weighted by atomic mass is 10.2. The van der Waals surface area contributed by atoms with Crippen LogP contribution in [0, 0.1) is 5.82 Å². The number of imide groups is 1. The molecule has 0 aliphatic rings. The molecule has 0 unspecified atom stereocenters. The van der Waals surface area contributed by atoms with Gasteiger partial charge in [-0.2, -0.15) is 0 Å². The maximum Gasteiger partial charge on any atom is 0.339 e. The first-order valence-electron chi connectivity index (χ1n) is 9.04. The third-order valence-corrected chi connectivity index (χ3v) is 3.70. The lowest BCUT2D eigenvalue weighted by Gasteiger charge is -2.14. The predicted molar refractivity (Wildman–Crippen MR) is 104 cm³/mol. The van der Waals surface area contributed by atoms with E-state index in [4.69, 9.17) is 9.47 Å². The van der Waals surface area contributed by atoms with Crippen LogP contribution in [0.4, 0.5) is 9.18 Å². The smallest absolute Gasteiger partial charge is 0.339 e. The Bertz CT molecular complexity index is 868. The second kappa shape index (κ2) is 10.2. The van der Waals surface area contributed by atoms with Crippen LogP contribution in [-0.2, 0) is 16.1 Å². The predicted octanol–water partition coefficient (Wildman–Crippen LogP) is 3.18. The van der Waals surface area contributed by atoms with Crippen molar-refractivity contribution in [2.24, 2.45) is 0 Å². The summed E-state index contributed by atoms with van der Waals surface area (Å²) < 4.78 is 23.6. The maximum atomic E-state index is 12.9. The van der Waals surface area contributed by atoms with Gasteiger partial charge in [0.1, 0.15) is 18.2 Å². The standard InChI is InChI=1S/C21H23FN2O5/c1-13(2)23-21(27)24-19(25)14(3)29-20(26)16-5-4-6-18(11-16)28-12-15-7-9-17(22)10-8-15/h4-11,13-14H,12H2,1-3H3,(H2,23,24,25,27)/t14-/m0/s1. The van der Waals surface area contributed by atoms with Crippen LogP contribution >= 0.6 is 0 Å². The number of carbonyl (C=O) groups is 3. The molecule has 3 amide bonds. The van der Waals surface area contributed by atoms with Crippen LogP contribution in [0.15, 0.2) is 48.5 Å². The van der Waals surface area contributed by atoms with E-state index < -0.39 is 24.0 Å². The zero-order chi connectivity index (χ0) is 21.4. The van der Waals surface area contributed by atoms with E-state index in [9.17, 15) is 18.8 Å². The molecule has 2 aromatic carbocycles. The normalized spacial score (nSPS) is 11.5. The van der Waals surface area contributed by atoms with Gasteiger partial charge < -0.3 is 14.8 Å². The summed E-state index contributed by atoms with van der Waals surface area (Å²) in [5.41, 5.74) is 0.956. The van der Waals surface area contributed by atoms with Crippen molar-refractivity contribution in [3.8, 4) is 5.75 Å². The van der Waals surface area contributed by atoms with Gasteiger partial charge in [-0.05, 0) is 56.7 Å². The lowest BCUT2D eigenvalue weighted by molar-refractivity contribution is -0.127. The van der Waals surface area contributed by atoms with Crippen LogP contribution in [0.1, 0.15) is 36.7 Å². The van der Waals surface area contributed by atoms with Gasteiger partial charge in [0, 0.05) is 6.04 Å². The van der Waals surface area contributed by atoms with Crippen LogP contribution in [0.25, 0.3) is 0 Å². The van der Waals surface area contributed by atoms with E-state index in [1.165, 1.54) is 31.2 Å². The minimum absolute atomic E-state index is 0.140. The minimum atomic E-state index is -1.16. The topological polar surface area (TPSA) is 93.7 Å². The molecule has 0 saturated carbocycles. The molecule has 29 heavy (non-hydrogen) atoms. The van der Waals surface area contributed by atoms with E-state index in [-0.39, 0.29) is 24.0 Å². The molecule has 0 spiro atoms. The van der Waals surface area contributed by atoms with Crippen molar-refractivity contribution in [2.45, 2.75) is 39.5 Å². The molecule has 154 valence electrons. The van der Waals surface area contributed by atoms with Crippen LogP contribution in [0.2, 0.25) is 0 Å². The summed E-state index contributed by atoms with van der Waals surface area (Å²) >= 11 is 0. The highest BCUT2D eigenvalue weighted by molar-refractivity contribution is 5.98. The molecule has 0 aliphatic heterocycles. The average molecular weight is 402 g/mol. The first-order chi connectivity index (χ1) is 13.7. The van der Waals surface area contributed by atoms with Crippen molar-refractivity contribution in [3.63, 3.8) is 0 Å². The molecule has 0 bridgehead atoms. The van der Waals surface area contributed by atoms with Crippen LogP contribution in [-0.4, -0.2) is 30.1 Å². The molecule has 0 heterocycles. The molecule has 7 nitrogen and oxygen atoms in total. The first kappa shape index (κ1) is 21.9. The van der Waals surface area contributed by atoms with Crippen molar-refractivity contribution >= 4 is 17.9 Å². The number of amides is 3. The molecule has 1 atom stereocenters. The van der Waals surface area contributed by atoms with E-state index in [1.807, 2.05) is 0 Å². The van der Waals surface area contributed by atoms with Crippen molar-refractivity contribution in [1.82, 2.24) is 10.6 Å². The molecule has 8 heteroatoms. The van der Waals surface area contributed by atoms with E-state index in [0.717, 1.165) is 5.56 Å². The van der Waals surface area contributed by atoms with Gasteiger partial charge in [0.15, 0.2) is 6.10 Å². The summed E-state index contributed by atoms with van der Waals surface area (Å²) in [6, 6.07) is 11.3. The summed E-state index contributed by atoms with van der Waals surface area (Å²) in [5.74, 6) is -1.39.